The molecule has 0 bridgehead atoms. The minimum absolute atomic E-state index is 0.582. The molecule has 3 aromatic rings. The number of pyridine rings is 1. The molecule has 2 unspecified atom stereocenters. The Bertz CT molecular complexity index is 1440. The summed E-state index contributed by atoms with van der Waals surface area (Å²) in [4.78, 5) is 5.25. The summed E-state index contributed by atoms with van der Waals surface area (Å²) in [5, 5.41) is 3.62. The molecule has 0 amide bonds. The van der Waals surface area contributed by atoms with Gasteiger partial charge in [0.05, 0.1) is 10.3 Å². The molecule has 0 saturated carbocycles. The van der Waals surface area contributed by atoms with E-state index in [0.717, 1.165) is 42.6 Å². The number of nitrogens with zero attached hydrogens (tertiary/aromatic N) is 2. The van der Waals surface area contributed by atoms with Gasteiger partial charge in [0, 0.05) is 39.9 Å². The normalized spacial score (nSPS) is 23.1. The third kappa shape index (κ3) is 4.03. The van der Waals surface area contributed by atoms with E-state index in [2.05, 4.69) is 104 Å². The molecule has 4 heterocycles. The maximum absolute atomic E-state index is 5.25. The molecule has 184 valence electrons. The lowest BCUT2D eigenvalue weighted by atomic mass is 9.85. The number of allylic oxidation sites excluding steroid dienone is 5. The standard InChI is InChI=1S/C32H34N2S2/c1-5-6-10-20(2)22(4)28-16-15-26-25-13-7-8-14-29(25)34(31(26)33-28)24-12-9-11-23(17-24)27-19-36-32-30(27)21(3)18-35-32/h7,9-13,15-18,27,30,32H,4-6,8,14,19H2,1-3H3/b20-10-/t27?,30-,32?/m1/s1. The minimum Gasteiger partial charge on any atom is -0.298 e. The predicted octanol–water partition coefficient (Wildman–Crippen LogP) is 9.17. The van der Waals surface area contributed by atoms with Gasteiger partial charge in [0.2, 0.25) is 0 Å². The topological polar surface area (TPSA) is 17.8 Å². The van der Waals surface area contributed by atoms with E-state index in [1.165, 1.54) is 39.2 Å². The number of hydrogen-bond acceptors (Lipinski definition) is 3. The summed E-state index contributed by atoms with van der Waals surface area (Å²) in [5.41, 5.74) is 11.2. The van der Waals surface area contributed by atoms with Crippen LogP contribution in [0.2, 0.25) is 0 Å². The van der Waals surface area contributed by atoms with Crippen molar-refractivity contribution in [3.05, 3.63) is 94.2 Å². The van der Waals surface area contributed by atoms with E-state index < -0.39 is 0 Å². The van der Waals surface area contributed by atoms with Crippen molar-refractivity contribution < 1.29 is 0 Å². The van der Waals surface area contributed by atoms with Crippen LogP contribution in [0.15, 0.2) is 71.7 Å². The van der Waals surface area contributed by atoms with Crippen molar-refractivity contribution in [2.24, 2.45) is 5.92 Å². The van der Waals surface area contributed by atoms with Gasteiger partial charge < -0.3 is 0 Å². The summed E-state index contributed by atoms with van der Waals surface area (Å²) in [6, 6.07) is 13.7. The fourth-order valence-corrected chi connectivity index (χ4v) is 9.13. The quantitative estimate of drug-likeness (QED) is 0.308. The Labute approximate surface area is 223 Å². The monoisotopic (exact) mass is 510 g/mol. The maximum atomic E-state index is 5.25. The highest BCUT2D eigenvalue weighted by molar-refractivity contribution is 8.18. The van der Waals surface area contributed by atoms with E-state index >= 15 is 0 Å². The number of unbranched alkanes of at least 4 members (excludes halogenated alkanes) is 1. The summed E-state index contributed by atoms with van der Waals surface area (Å²) in [5.74, 6) is 2.44. The van der Waals surface area contributed by atoms with Crippen molar-refractivity contribution in [1.82, 2.24) is 9.55 Å². The van der Waals surface area contributed by atoms with Gasteiger partial charge in [0.1, 0.15) is 5.65 Å². The van der Waals surface area contributed by atoms with Gasteiger partial charge in [0.25, 0.3) is 0 Å². The van der Waals surface area contributed by atoms with Crippen LogP contribution in [0.4, 0.5) is 0 Å². The van der Waals surface area contributed by atoms with E-state index in [-0.39, 0.29) is 0 Å². The summed E-state index contributed by atoms with van der Waals surface area (Å²) < 4.78 is 3.12. The van der Waals surface area contributed by atoms with E-state index in [1.807, 2.05) is 11.8 Å². The fourth-order valence-electron chi connectivity index (χ4n) is 5.92. The van der Waals surface area contributed by atoms with Gasteiger partial charge >= 0.3 is 0 Å². The molecule has 1 aromatic carbocycles. The van der Waals surface area contributed by atoms with Gasteiger partial charge in [0.15, 0.2) is 0 Å². The Morgan fingerprint density at radius 2 is 2.14 bits per heavy atom. The molecule has 3 aliphatic rings. The first-order valence-corrected chi connectivity index (χ1v) is 15.2. The molecule has 0 N–H and O–H groups in total. The molecule has 1 fully saturated rings. The van der Waals surface area contributed by atoms with Gasteiger partial charge in [-0.1, -0.05) is 55.9 Å². The number of thioether (sulfide) groups is 2. The summed E-state index contributed by atoms with van der Waals surface area (Å²) in [6.45, 7) is 11.1. The van der Waals surface area contributed by atoms with Crippen molar-refractivity contribution in [1.29, 1.82) is 0 Å². The van der Waals surface area contributed by atoms with E-state index in [0.29, 0.717) is 16.4 Å². The molecular formula is C32H34N2S2. The summed E-state index contributed by atoms with van der Waals surface area (Å²) >= 11 is 4.15. The molecule has 2 nitrogen and oxygen atoms in total. The average Bonchev–Trinajstić information content (AvgIpc) is 3.59. The average molecular weight is 511 g/mol. The van der Waals surface area contributed by atoms with E-state index in [1.54, 1.807) is 5.57 Å². The van der Waals surface area contributed by atoms with Crippen LogP contribution in [0.5, 0.6) is 0 Å². The molecule has 2 aliphatic heterocycles. The fraction of sp³-hybridized carbons (Fsp3) is 0.344. The third-order valence-corrected chi connectivity index (χ3v) is 10.9. The van der Waals surface area contributed by atoms with Gasteiger partial charge in [-0.05, 0) is 79.5 Å². The molecule has 1 saturated heterocycles. The van der Waals surface area contributed by atoms with Crippen molar-refractivity contribution >= 4 is 46.2 Å². The third-order valence-electron chi connectivity index (χ3n) is 7.95. The molecule has 2 aromatic heterocycles. The zero-order chi connectivity index (χ0) is 24.8. The number of aromatic nitrogens is 2. The van der Waals surface area contributed by atoms with Crippen molar-refractivity contribution in [2.45, 2.75) is 57.0 Å². The van der Waals surface area contributed by atoms with E-state index in [9.17, 15) is 0 Å². The lowest BCUT2D eigenvalue weighted by Gasteiger charge is -2.21. The number of hydrogen-bond donors (Lipinski definition) is 0. The first kappa shape index (κ1) is 23.9. The van der Waals surface area contributed by atoms with Gasteiger partial charge in [-0.15, -0.1) is 23.5 Å². The van der Waals surface area contributed by atoms with Gasteiger partial charge in [-0.3, -0.25) is 4.57 Å². The first-order valence-electron chi connectivity index (χ1n) is 13.2. The molecule has 3 atom stereocenters. The van der Waals surface area contributed by atoms with Crippen LogP contribution < -0.4 is 0 Å². The molecule has 36 heavy (non-hydrogen) atoms. The number of fused-ring (bicyclic) bond motifs is 4. The molecule has 6 rings (SSSR count). The van der Waals surface area contributed by atoms with Crippen LogP contribution in [-0.4, -0.2) is 19.9 Å². The lowest BCUT2D eigenvalue weighted by molar-refractivity contribution is 0.592. The van der Waals surface area contributed by atoms with Crippen molar-refractivity contribution in [3.8, 4) is 5.69 Å². The maximum Gasteiger partial charge on any atom is 0.146 e. The molecule has 0 spiro atoms. The van der Waals surface area contributed by atoms with Gasteiger partial charge in [-0.2, -0.15) is 0 Å². The van der Waals surface area contributed by atoms with Crippen LogP contribution >= 0.6 is 23.5 Å². The largest absolute Gasteiger partial charge is 0.298 e. The van der Waals surface area contributed by atoms with Crippen LogP contribution in [0, 0.1) is 5.92 Å². The SMILES string of the molecule is C=C(/C(C)=C\CCC)c1ccc2c3c(n(-c4cccc(C5CSC6SC=C(C)[C@@H]65)c4)c2n1)CCC=C3. The van der Waals surface area contributed by atoms with Crippen molar-refractivity contribution in [2.75, 3.05) is 5.75 Å². The Balaban J connectivity index is 1.47. The van der Waals surface area contributed by atoms with Crippen molar-refractivity contribution in [3.63, 3.8) is 0 Å². The Morgan fingerprint density at radius 3 is 3.00 bits per heavy atom. The van der Waals surface area contributed by atoms with Crippen LogP contribution in [-0.2, 0) is 6.42 Å². The number of benzene rings is 1. The molecule has 4 heteroatoms. The van der Waals surface area contributed by atoms with E-state index in [4.69, 9.17) is 4.98 Å². The Hall–Kier alpha value is -2.43. The predicted molar refractivity (Wildman–Crippen MR) is 160 cm³/mol. The minimum atomic E-state index is 0.582. The Kier molecular flexibility index (Phi) is 6.51. The number of rotatable bonds is 6. The molecular weight excluding hydrogens is 477 g/mol. The Morgan fingerprint density at radius 1 is 1.25 bits per heavy atom. The highest BCUT2D eigenvalue weighted by atomic mass is 32.2. The second-order valence-electron chi connectivity index (χ2n) is 10.3. The zero-order valence-electron chi connectivity index (χ0n) is 21.5. The second kappa shape index (κ2) is 9.79. The second-order valence-corrected chi connectivity index (χ2v) is 12.8. The van der Waals surface area contributed by atoms with Crippen LogP contribution in [0.1, 0.15) is 68.5 Å². The summed E-state index contributed by atoms with van der Waals surface area (Å²) in [7, 11) is 0. The smallest absolute Gasteiger partial charge is 0.146 e. The highest BCUT2D eigenvalue weighted by Gasteiger charge is 2.41. The van der Waals surface area contributed by atoms with Crippen LogP contribution in [0.25, 0.3) is 28.4 Å². The lowest BCUT2D eigenvalue weighted by Crippen LogP contribution is -2.14. The molecule has 1 aliphatic carbocycles. The highest BCUT2D eigenvalue weighted by Crippen LogP contribution is 2.55. The summed E-state index contributed by atoms with van der Waals surface area (Å²) in [6.07, 6.45) is 11.2. The van der Waals surface area contributed by atoms with Gasteiger partial charge in [-0.25, -0.2) is 4.98 Å². The molecule has 0 radical (unpaired) electrons. The first-order chi connectivity index (χ1) is 17.6. The van der Waals surface area contributed by atoms with Crippen LogP contribution in [0.3, 0.4) is 0 Å². The zero-order valence-corrected chi connectivity index (χ0v) is 23.1.